The van der Waals surface area contributed by atoms with Crippen LogP contribution in [0.1, 0.15) is 53.9 Å². The molecule has 0 fully saturated rings. The van der Waals surface area contributed by atoms with E-state index in [0.29, 0.717) is 13.1 Å². The number of aromatic nitrogens is 2. The van der Waals surface area contributed by atoms with Crippen LogP contribution < -0.4 is 0 Å². The number of nitrogens with zero attached hydrogens (tertiary/aromatic N) is 2. The van der Waals surface area contributed by atoms with E-state index in [1.54, 1.807) is 0 Å². The van der Waals surface area contributed by atoms with Crippen molar-refractivity contribution in [3.63, 3.8) is 0 Å². The molecule has 4 aromatic rings. The van der Waals surface area contributed by atoms with Gasteiger partial charge in [-0.1, -0.05) is 74.5 Å². The first-order valence-corrected chi connectivity index (χ1v) is 13.1. The molecule has 0 bridgehead atoms. The van der Waals surface area contributed by atoms with Crippen LogP contribution in [0.5, 0.6) is 0 Å². The van der Waals surface area contributed by atoms with Gasteiger partial charge in [-0.3, -0.25) is 0 Å². The van der Waals surface area contributed by atoms with Gasteiger partial charge in [0.15, 0.2) is 0 Å². The molecule has 0 unspecified atom stereocenters. The Kier molecular flexibility index (Phi) is 9.00. The van der Waals surface area contributed by atoms with Gasteiger partial charge in [0, 0.05) is 46.7 Å². The lowest BCUT2D eigenvalue weighted by atomic mass is 10.0. The minimum Gasteiger partial charge on any atom is -0.392 e. The molecule has 6 nitrogen and oxygen atoms in total. The summed E-state index contributed by atoms with van der Waals surface area (Å²) in [6, 6.07) is 20.1. The molecular weight excluding hydrogens is 464 g/mol. The average molecular weight is 503 g/mol. The summed E-state index contributed by atoms with van der Waals surface area (Å²) in [5.41, 5.74) is 9.26. The van der Waals surface area contributed by atoms with E-state index in [9.17, 15) is 20.4 Å². The molecular formula is C31H38N2O4. The number of rotatable bonds is 12. The Morgan fingerprint density at radius 2 is 0.865 bits per heavy atom. The lowest BCUT2D eigenvalue weighted by Gasteiger charge is -2.17. The Labute approximate surface area is 219 Å². The van der Waals surface area contributed by atoms with E-state index in [0.717, 1.165) is 75.4 Å². The van der Waals surface area contributed by atoms with Crippen LogP contribution in [-0.2, 0) is 52.4 Å². The molecule has 0 aliphatic rings. The fourth-order valence-electron chi connectivity index (χ4n) is 5.81. The molecule has 2 aromatic heterocycles. The monoisotopic (exact) mass is 502 g/mol. The molecule has 0 aliphatic carbocycles. The standard InChI is InChI=1S/C31H38N2O4/c1-3-28-24(18-34)26(20-36)30(22-12-7-5-8-13-22)32(28)16-11-17-33-29(4-2)25(19-35)27(21-37)31(33)23-14-9-6-10-15-23/h5-10,12-15,34-37H,3-4,11,16-21H2,1-2H3. The van der Waals surface area contributed by atoms with E-state index in [1.165, 1.54) is 0 Å². The van der Waals surface area contributed by atoms with E-state index in [1.807, 2.05) is 60.7 Å². The Balaban J connectivity index is 1.76. The maximum Gasteiger partial charge on any atom is 0.0706 e. The van der Waals surface area contributed by atoms with Gasteiger partial charge < -0.3 is 29.6 Å². The minimum absolute atomic E-state index is 0.110. The largest absolute Gasteiger partial charge is 0.392 e. The van der Waals surface area contributed by atoms with Gasteiger partial charge in [0.05, 0.1) is 37.8 Å². The van der Waals surface area contributed by atoms with Crippen LogP contribution in [0.25, 0.3) is 22.5 Å². The zero-order chi connectivity index (χ0) is 26.4. The molecule has 6 heteroatoms. The fraction of sp³-hybridized carbons (Fsp3) is 0.355. The van der Waals surface area contributed by atoms with Gasteiger partial charge in [0.2, 0.25) is 0 Å². The zero-order valence-electron chi connectivity index (χ0n) is 21.8. The Hall–Kier alpha value is -3.16. The predicted molar refractivity (Wildman–Crippen MR) is 147 cm³/mol. The molecule has 0 spiro atoms. The molecule has 4 N–H and O–H groups in total. The Bertz CT molecular complexity index is 1200. The van der Waals surface area contributed by atoms with E-state index in [2.05, 4.69) is 23.0 Å². The maximum atomic E-state index is 10.3. The molecule has 37 heavy (non-hydrogen) atoms. The fourth-order valence-corrected chi connectivity index (χ4v) is 5.81. The van der Waals surface area contributed by atoms with Crippen molar-refractivity contribution in [3.05, 3.63) is 94.3 Å². The van der Waals surface area contributed by atoms with Crippen LogP contribution in [0.3, 0.4) is 0 Å². The first-order chi connectivity index (χ1) is 18.1. The highest BCUT2D eigenvalue weighted by atomic mass is 16.3. The summed E-state index contributed by atoms with van der Waals surface area (Å²) in [5, 5.41) is 40.9. The molecule has 4 rings (SSSR count). The highest BCUT2D eigenvalue weighted by Gasteiger charge is 2.24. The molecule has 196 valence electrons. The second-order valence-corrected chi connectivity index (χ2v) is 9.23. The summed E-state index contributed by atoms with van der Waals surface area (Å²) in [4.78, 5) is 0. The minimum atomic E-state index is -0.129. The summed E-state index contributed by atoms with van der Waals surface area (Å²) in [6.45, 7) is 5.10. The Morgan fingerprint density at radius 1 is 0.514 bits per heavy atom. The number of hydrogen-bond donors (Lipinski definition) is 4. The predicted octanol–water partition coefficient (Wildman–Crippen LogP) is 4.81. The van der Waals surface area contributed by atoms with Gasteiger partial charge in [0.1, 0.15) is 0 Å². The lowest BCUT2D eigenvalue weighted by molar-refractivity contribution is 0.260. The van der Waals surface area contributed by atoms with Crippen molar-refractivity contribution in [2.75, 3.05) is 0 Å². The van der Waals surface area contributed by atoms with Gasteiger partial charge in [-0.2, -0.15) is 0 Å². The van der Waals surface area contributed by atoms with Crippen molar-refractivity contribution >= 4 is 0 Å². The van der Waals surface area contributed by atoms with Crippen LogP contribution in [0.4, 0.5) is 0 Å². The maximum absolute atomic E-state index is 10.3. The average Bonchev–Trinajstić information content (AvgIpc) is 3.44. The summed E-state index contributed by atoms with van der Waals surface area (Å²) < 4.78 is 4.51. The SMILES string of the molecule is CCc1c(CO)c(CO)c(-c2ccccc2)n1CCCn1c(CC)c(CO)c(CO)c1-c1ccccc1. The van der Waals surface area contributed by atoms with Gasteiger partial charge in [-0.05, 0) is 30.4 Å². The summed E-state index contributed by atoms with van der Waals surface area (Å²) in [7, 11) is 0. The van der Waals surface area contributed by atoms with Gasteiger partial charge in [-0.15, -0.1) is 0 Å². The molecule has 2 heterocycles. The second kappa shape index (κ2) is 12.4. The zero-order valence-corrected chi connectivity index (χ0v) is 21.8. The molecule has 0 saturated heterocycles. The van der Waals surface area contributed by atoms with Crippen molar-refractivity contribution in [3.8, 4) is 22.5 Å². The van der Waals surface area contributed by atoms with E-state index in [-0.39, 0.29) is 26.4 Å². The molecule has 0 aliphatic heterocycles. The Morgan fingerprint density at radius 3 is 1.16 bits per heavy atom. The molecule has 0 saturated carbocycles. The van der Waals surface area contributed by atoms with Crippen LogP contribution in [0.2, 0.25) is 0 Å². The van der Waals surface area contributed by atoms with Crippen LogP contribution >= 0.6 is 0 Å². The van der Waals surface area contributed by atoms with Crippen molar-refractivity contribution in [1.82, 2.24) is 9.13 Å². The highest BCUT2D eigenvalue weighted by Crippen LogP contribution is 2.35. The number of aliphatic hydroxyl groups is 4. The third-order valence-corrected chi connectivity index (χ3v) is 7.35. The van der Waals surface area contributed by atoms with Gasteiger partial charge in [-0.25, -0.2) is 0 Å². The molecule has 2 aromatic carbocycles. The normalized spacial score (nSPS) is 11.4. The van der Waals surface area contributed by atoms with Crippen molar-refractivity contribution in [2.45, 2.75) is 72.6 Å². The quantitative estimate of drug-likeness (QED) is 0.224. The van der Waals surface area contributed by atoms with E-state index < -0.39 is 0 Å². The van der Waals surface area contributed by atoms with Crippen molar-refractivity contribution in [2.24, 2.45) is 0 Å². The lowest BCUT2D eigenvalue weighted by Crippen LogP contribution is -2.11. The van der Waals surface area contributed by atoms with Gasteiger partial charge >= 0.3 is 0 Å². The van der Waals surface area contributed by atoms with Crippen LogP contribution in [0, 0.1) is 0 Å². The molecule has 0 atom stereocenters. The van der Waals surface area contributed by atoms with Crippen molar-refractivity contribution < 1.29 is 20.4 Å². The summed E-state index contributed by atoms with van der Waals surface area (Å²) >= 11 is 0. The van der Waals surface area contributed by atoms with Crippen LogP contribution in [-0.4, -0.2) is 29.6 Å². The second-order valence-electron chi connectivity index (χ2n) is 9.23. The van der Waals surface area contributed by atoms with E-state index >= 15 is 0 Å². The summed E-state index contributed by atoms with van der Waals surface area (Å²) in [6.07, 6.45) is 2.30. The first-order valence-electron chi connectivity index (χ1n) is 13.1. The number of hydrogen-bond acceptors (Lipinski definition) is 4. The van der Waals surface area contributed by atoms with Gasteiger partial charge in [0.25, 0.3) is 0 Å². The third kappa shape index (κ3) is 5.03. The molecule has 0 radical (unpaired) electrons. The van der Waals surface area contributed by atoms with Crippen molar-refractivity contribution in [1.29, 1.82) is 0 Å². The smallest absolute Gasteiger partial charge is 0.0706 e. The highest BCUT2D eigenvalue weighted by molar-refractivity contribution is 5.69. The summed E-state index contributed by atoms with van der Waals surface area (Å²) in [5.74, 6) is 0. The number of benzene rings is 2. The topological polar surface area (TPSA) is 90.8 Å². The van der Waals surface area contributed by atoms with Crippen LogP contribution in [0.15, 0.2) is 60.7 Å². The number of aliphatic hydroxyl groups excluding tert-OH is 4. The third-order valence-electron chi connectivity index (χ3n) is 7.35. The first kappa shape index (κ1) is 26.9. The molecule has 0 amide bonds. The van der Waals surface area contributed by atoms with E-state index in [4.69, 9.17) is 0 Å².